The number of hydrogen-bond donors (Lipinski definition) is 1. The second kappa shape index (κ2) is 6.97. The van der Waals surface area contributed by atoms with Crippen LogP contribution in [0, 0.1) is 0 Å². The average molecular weight is 376 g/mol. The van der Waals surface area contributed by atoms with Crippen LogP contribution >= 0.6 is 0 Å². The van der Waals surface area contributed by atoms with Crippen LogP contribution in [-0.4, -0.2) is 9.55 Å². The SMILES string of the molecule is O=c1[nH]c2c(c(=O)n1C1CCCCC1)CCC2Oc1ccc2ccccc2c1. The summed E-state index contributed by atoms with van der Waals surface area (Å²) in [6.45, 7) is 0. The number of hydrogen-bond acceptors (Lipinski definition) is 3. The molecule has 0 bridgehead atoms. The van der Waals surface area contributed by atoms with Gasteiger partial charge in [0, 0.05) is 11.6 Å². The standard InChI is InChI=1S/C23H24N2O3/c26-22-19-12-13-20(28-18-11-10-15-6-4-5-7-16(15)14-18)21(19)24-23(27)25(22)17-8-2-1-3-9-17/h4-7,10-11,14,17,20H,1-3,8-9,12-13H2,(H,24,27). The molecule has 2 aromatic carbocycles. The summed E-state index contributed by atoms with van der Waals surface area (Å²) in [5.41, 5.74) is 0.978. The van der Waals surface area contributed by atoms with E-state index in [1.54, 1.807) is 0 Å². The average Bonchev–Trinajstić information content (AvgIpc) is 3.11. The summed E-state index contributed by atoms with van der Waals surface area (Å²) in [6.07, 6.45) is 6.27. The maximum Gasteiger partial charge on any atom is 0.328 e. The van der Waals surface area contributed by atoms with Gasteiger partial charge >= 0.3 is 5.69 Å². The van der Waals surface area contributed by atoms with E-state index >= 15 is 0 Å². The van der Waals surface area contributed by atoms with Gasteiger partial charge in [0.05, 0.1) is 5.69 Å². The molecule has 0 aliphatic heterocycles. The highest BCUT2D eigenvalue weighted by Crippen LogP contribution is 2.33. The van der Waals surface area contributed by atoms with E-state index in [1.807, 2.05) is 30.3 Å². The number of ether oxygens (including phenoxy) is 1. The quantitative estimate of drug-likeness (QED) is 0.743. The van der Waals surface area contributed by atoms with Gasteiger partial charge in [0.15, 0.2) is 0 Å². The van der Waals surface area contributed by atoms with Crippen molar-refractivity contribution < 1.29 is 4.74 Å². The van der Waals surface area contributed by atoms with Crippen molar-refractivity contribution in [3.8, 4) is 5.75 Å². The summed E-state index contributed by atoms with van der Waals surface area (Å²) >= 11 is 0. The van der Waals surface area contributed by atoms with E-state index in [-0.39, 0.29) is 23.4 Å². The number of H-pyrrole nitrogens is 1. The van der Waals surface area contributed by atoms with E-state index in [2.05, 4.69) is 17.1 Å². The number of nitrogens with one attached hydrogen (secondary N) is 1. The monoisotopic (exact) mass is 376 g/mol. The van der Waals surface area contributed by atoms with Gasteiger partial charge in [0.2, 0.25) is 0 Å². The van der Waals surface area contributed by atoms with Crippen molar-refractivity contribution in [2.45, 2.75) is 57.1 Å². The molecule has 0 radical (unpaired) electrons. The number of aromatic nitrogens is 2. The Morgan fingerprint density at radius 1 is 0.929 bits per heavy atom. The summed E-state index contributed by atoms with van der Waals surface area (Å²) in [5, 5.41) is 2.27. The van der Waals surface area contributed by atoms with Gasteiger partial charge in [-0.3, -0.25) is 9.36 Å². The molecule has 1 saturated carbocycles. The predicted octanol–water partition coefficient (Wildman–Crippen LogP) is 4.26. The van der Waals surface area contributed by atoms with E-state index in [4.69, 9.17) is 4.74 Å². The van der Waals surface area contributed by atoms with Crippen molar-refractivity contribution in [2.75, 3.05) is 0 Å². The number of benzene rings is 2. The van der Waals surface area contributed by atoms with Crippen LogP contribution in [0.25, 0.3) is 10.8 Å². The van der Waals surface area contributed by atoms with Crippen LogP contribution in [0.15, 0.2) is 52.1 Å². The van der Waals surface area contributed by atoms with Crippen molar-refractivity contribution in [1.29, 1.82) is 0 Å². The Kier molecular flexibility index (Phi) is 4.30. The molecule has 5 heteroatoms. The van der Waals surface area contributed by atoms with E-state index < -0.39 is 0 Å². The molecule has 2 aliphatic carbocycles. The fourth-order valence-electron chi connectivity index (χ4n) is 4.73. The highest BCUT2D eigenvalue weighted by Gasteiger charge is 2.31. The minimum atomic E-state index is -0.287. The highest BCUT2D eigenvalue weighted by molar-refractivity contribution is 5.83. The van der Waals surface area contributed by atoms with Gasteiger partial charge < -0.3 is 9.72 Å². The van der Waals surface area contributed by atoms with Crippen LogP contribution in [0.4, 0.5) is 0 Å². The highest BCUT2D eigenvalue weighted by atomic mass is 16.5. The maximum atomic E-state index is 13.0. The Balaban J connectivity index is 1.47. The molecule has 1 aromatic heterocycles. The Bertz CT molecular complexity index is 1140. The first kappa shape index (κ1) is 17.3. The molecule has 1 unspecified atom stereocenters. The Labute approximate surface area is 163 Å². The molecular formula is C23H24N2O3. The van der Waals surface area contributed by atoms with E-state index in [9.17, 15) is 9.59 Å². The molecule has 0 amide bonds. The van der Waals surface area contributed by atoms with Gasteiger partial charge in [0.25, 0.3) is 5.56 Å². The molecule has 3 aromatic rings. The van der Waals surface area contributed by atoms with Crippen molar-refractivity contribution in [1.82, 2.24) is 9.55 Å². The number of nitrogens with zero attached hydrogens (tertiary/aromatic N) is 1. The predicted molar refractivity (Wildman–Crippen MR) is 109 cm³/mol. The Morgan fingerprint density at radius 2 is 1.71 bits per heavy atom. The zero-order valence-corrected chi connectivity index (χ0v) is 15.8. The molecule has 0 spiro atoms. The molecule has 28 heavy (non-hydrogen) atoms. The molecule has 1 N–H and O–H groups in total. The molecule has 5 rings (SSSR count). The van der Waals surface area contributed by atoms with Crippen molar-refractivity contribution >= 4 is 10.8 Å². The molecule has 1 fully saturated rings. The number of aromatic amines is 1. The van der Waals surface area contributed by atoms with Gasteiger partial charge in [-0.25, -0.2) is 4.79 Å². The smallest absolute Gasteiger partial charge is 0.328 e. The fraction of sp³-hybridized carbons (Fsp3) is 0.391. The lowest BCUT2D eigenvalue weighted by atomic mass is 9.95. The van der Waals surface area contributed by atoms with E-state index in [0.29, 0.717) is 18.5 Å². The second-order valence-electron chi connectivity index (χ2n) is 7.94. The van der Waals surface area contributed by atoms with E-state index in [0.717, 1.165) is 47.8 Å². The topological polar surface area (TPSA) is 64.1 Å². The third-order valence-corrected chi connectivity index (χ3v) is 6.18. The van der Waals surface area contributed by atoms with Gasteiger partial charge in [-0.2, -0.15) is 0 Å². The van der Waals surface area contributed by atoms with Gasteiger partial charge in [-0.15, -0.1) is 0 Å². The maximum absolute atomic E-state index is 13.0. The summed E-state index contributed by atoms with van der Waals surface area (Å²) < 4.78 is 7.66. The first-order valence-corrected chi connectivity index (χ1v) is 10.2. The molecule has 5 nitrogen and oxygen atoms in total. The van der Waals surface area contributed by atoms with Gasteiger partial charge in [-0.05, 0) is 48.6 Å². The molecule has 1 atom stereocenters. The zero-order chi connectivity index (χ0) is 19.1. The summed E-state index contributed by atoms with van der Waals surface area (Å²) in [4.78, 5) is 28.7. The lowest BCUT2D eigenvalue weighted by molar-refractivity contribution is 0.203. The first-order valence-electron chi connectivity index (χ1n) is 10.2. The summed E-state index contributed by atoms with van der Waals surface area (Å²) in [6, 6.07) is 14.2. The van der Waals surface area contributed by atoms with Crippen LogP contribution < -0.4 is 16.0 Å². The molecular weight excluding hydrogens is 352 g/mol. The van der Waals surface area contributed by atoms with E-state index in [1.165, 1.54) is 11.0 Å². The Morgan fingerprint density at radius 3 is 2.54 bits per heavy atom. The lowest BCUT2D eigenvalue weighted by Crippen LogP contribution is -2.41. The van der Waals surface area contributed by atoms with Gasteiger partial charge in [-0.1, -0.05) is 49.6 Å². The zero-order valence-electron chi connectivity index (χ0n) is 15.8. The number of fused-ring (bicyclic) bond motifs is 2. The fourth-order valence-corrected chi connectivity index (χ4v) is 4.73. The van der Waals surface area contributed by atoms with Crippen molar-refractivity contribution in [2.24, 2.45) is 0 Å². The molecule has 0 saturated heterocycles. The first-order chi connectivity index (χ1) is 13.7. The normalized spacial score (nSPS) is 19.6. The minimum absolute atomic E-state index is 0.0377. The largest absolute Gasteiger partial charge is 0.484 e. The van der Waals surface area contributed by atoms with Crippen LogP contribution in [-0.2, 0) is 6.42 Å². The van der Waals surface area contributed by atoms with Crippen molar-refractivity contribution in [3.05, 3.63) is 74.6 Å². The van der Waals surface area contributed by atoms with Gasteiger partial charge in [0.1, 0.15) is 11.9 Å². The van der Waals surface area contributed by atoms with Crippen LogP contribution in [0.3, 0.4) is 0 Å². The van der Waals surface area contributed by atoms with Crippen LogP contribution in [0.1, 0.15) is 61.9 Å². The summed E-state index contributed by atoms with van der Waals surface area (Å²) in [5.74, 6) is 0.758. The molecule has 2 aliphatic rings. The molecule has 144 valence electrons. The minimum Gasteiger partial charge on any atom is -0.484 e. The lowest BCUT2D eigenvalue weighted by Gasteiger charge is -2.23. The van der Waals surface area contributed by atoms with Crippen LogP contribution in [0.2, 0.25) is 0 Å². The van der Waals surface area contributed by atoms with Crippen molar-refractivity contribution in [3.63, 3.8) is 0 Å². The third kappa shape index (κ3) is 2.95. The van der Waals surface area contributed by atoms with Crippen LogP contribution in [0.5, 0.6) is 5.75 Å². The second-order valence-corrected chi connectivity index (χ2v) is 7.94. The number of rotatable bonds is 3. The Hall–Kier alpha value is -2.82. The molecule has 1 heterocycles. The summed E-state index contributed by atoms with van der Waals surface area (Å²) in [7, 11) is 0. The third-order valence-electron chi connectivity index (χ3n) is 6.18.